The van der Waals surface area contributed by atoms with Crippen LogP contribution in [0.3, 0.4) is 0 Å². The Morgan fingerprint density at radius 2 is 1.86 bits per heavy atom. The lowest BCUT2D eigenvalue weighted by atomic mass is 10.2. The highest BCUT2D eigenvalue weighted by Crippen LogP contribution is 2.19. The number of hydrogen-bond acceptors (Lipinski definition) is 5. The predicted octanol–water partition coefficient (Wildman–Crippen LogP) is 2.99. The molecule has 2 aromatic heterocycles. The van der Waals surface area contributed by atoms with Crippen molar-refractivity contribution in [2.75, 3.05) is 5.32 Å². The van der Waals surface area contributed by atoms with Crippen LogP contribution in [0.1, 0.15) is 10.4 Å². The summed E-state index contributed by atoms with van der Waals surface area (Å²) >= 11 is 2.10. The van der Waals surface area contributed by atoms with Gasteiger partial charge in [-0.1, -0.05) is 17.2 Å². The summed E-state index contributed by atoms with van der Waals surface area (Å²) in [6.45, 7) is 0. The Morgan fingerprint density at radius 1 is 1.10 bits per heavy atom. The molecule has 1 aromatic carbocycles. The Kier molecular flexibility index (Phi) is 3.91. The van der Waals surface area contributed by atoms with Crippen LogP contribution in [-0.2, 0) is 0 Å². The molecule has 0 radical (unpaired) electrons. The predicted molar refractivity (Wildman–Crippen MR) is 84.6 cm³/mol. The zero-order valence-corrected chi connectivity index (χ0v) is 12.8. The molecule has 3 aromatic rings. The van der Waals surface area contributed by atoms with Crippen molar-refractivity contribution >= 4 is 34.5 Å². The van der Waals surface area contributed by atoms with Crippen molar-refractivity contribution in [3.8, 4) is 11.5 Å². The third-order valence-corrected chi connectivity index (χ3v) is 3.63. The maximum absolute atomic E-state index is 12.1. The third-order valence-electron chi connectivity index (χ3n) is 2.69. The highest BCUT2D eigenvalue weighted by molar-refractivity contribution is 14.1. The number of pyridine rings is 1. The molecule has 0 aliphatic carbocycles. The van der Waals surface area contributed by atoms with E-state index in [-0.39, 0.29) is 11.9 Å². The van der Waals surface area contributed by atoms with E-state index in [1.807, 2.05) is 12.1 Å². The molecule has 7 heteroatoms. The minimum atomic E-state index is -0.287. The number of halogens is 1. The van der Waals surface area contributed by atoms with E-state index in [0.717, 1.165) is 9.13 Å². The van der Waals surface area contributed by atoms with Gasteiger partial charge in [0, 0.05) is 21.5 Å². The SMILES string of the molecule is O=C(Nc1nnc(-c2ccncc2)o1)c1ccccc1I. The minimum absolute atomic E-state index is 0.0615. The van der Waals surface area contributed by atoms with Crippen LogP contribution in [0.5, 0.6) is 0 Å². The van der Waals surface area contributed by atoms with Crippen LogP contribution in [0.25, 0.3) is 11.5 Å². The molecule has 0 saturated heterocycles. The minimum Gasteiger partial charge on any atom is -0.403 e. The fourth-order valence-corrected chi connectivity index (χ4v) is 2.33. The molecule has 1 N–H and O–H groups in total. The third kappa shape index (κ3) is 3.07. The molecule has 0 unspecified atom stereocenters. The van der Waals surface area contributed by atoms with Gasteiger partial charge in [-0.05, 0) is 46.9 Å². The highest BCUT2D eigenvalue weighted by atomic mass is 127. The molecule has 0 bridgehead atoms. The lowest BCUT2D eigenvalue weighted by Crippen LogP contribution is -2.13. The zero-order chi connectivity index (χ0) is 14.7. The summed E-state index contributed by atoms with van der Waals surface area (Å²) in [5.74, 6) is 0.0420. The molecule has 0 atom stereocenters. The molecule has 1 amide bonds. The van der Waals surface area contributed by atoms with E-state index in [1.165, 1.54) is 0 Å². The lowest BCUT2D eigenvalue weighted by Gasteiger charge is -2.02. The summed E-state index contributed by atoms with van der Waals surface area (Å²) in [5, 5.41) is 10.3. The number of hydrogen-bond donors (Lipinski definition) is 1. The Balaban J connectivity index is 1.79. The molecule has 6 nitrogen and oxygen atoms in total. The fourth-order valence-electron chi connectivity index (χ4n) is 1.69. The van der Waals surface area contributed by atoms with E-state index >= 15 is 0 Å². The van der Waals surface area contributed by atoms with Crippen molar-refractivity contribution in [2.45, 2.75) is 0 Å². The Hall–Kier alpha value is -2.29. The largest absolute Gasteiger partial charge is 0.403 e. The number of nitrogens with one attached hydrogen (secondary N) is 1. The van der Waals surface area contributed by atoms with E-state index in [4.69, 9.17) is 4.42 Å². The molecule has 21 heavy (non-hydrogen) atoms. The van der Waals surface area contributed by atoms with E-state index in [0.29, 0.717) is 11.5 Å². The van der Waals surface area contributed by atoms with Gasteiger partial charge >= 0.3 is 6.01 Å². The molecule has 104 valence electrons. The van der Waals surface area contributed by atoms with Crippen LogP contribution in [-0.4, -0.2) is 21.1 Å². The van der Waals surface area contributed by atoms with Crippen LogP contribution in [0, 0.1) is 3.57 Å². The van der Waals surface area contributed by atoms with Crippen molar-refractivity contribution in [1.29, 1.82) is 0 Å². The summed E-state index contributed by atoms with van der Waals surface area (Å²) in [5.41, 5.74) is 1.30. The van der Waals surface area contributed by atoms with Gasteiger partial charge in [-0.3, -0.25) is 15.1 Å². The van der Waals surface area contributed by atoms with Crippen LogP contribution in [0.4, 0.5) is 6.01 Å². The van der Waals surface area contributed by atoms with Crippen LogP contribution < -0.4 is 5.32 Å². The molecular weight excluding hydrogens is 383 g/mol. The van der Waals surface area contributed by atoms with E-state index in [9.17, 15) is 4.79 Å². The number of carbonyl (C=O) groups excluding carboxylic acids is 1. The Bertz CT molecular complexity index is 773. The van der Waals surface area contributed by atoms with Gasteiger partial charge < -0.3 is 4.42 Å². The topological polar surface area (TPSA) is 80.9 Å². The summed E-state index contributed by atoms with van der Waals surface area (Å²) in [6, 6.07) is 10.8. The first kappa shape index (κ1) is 13.7. The Morgan fingerprint density at radius 3 is 2.62 bits per heavy atom. The second-order valence-corrected chi connectivity index (χ2v) is 5.24. The molecule has 2 heterocycles. The van der Waals surface area contributed by atoms with Gasteiger partial charge in [0.25, 0.3) is 5.91 Å². The summed E-state index contributed by atoms with van der Waals surface area (Å²) in [7, 11) is 0. The van der Waals surface area contributed by atoms with Gasteiger partial charge in [0.1, 0.15) is 0 Å². The molecule has 0 aliphatic heterocycles. The van der Waals surface area contributed by atoms with Gasteiger partial charge in [0.05, 0.1) is 5.56 Å². The number of anilines is 1. The van der Waals surface area contributed by atoms with Crippen LogP contribution in [0.2, 0.25) is 0 Å². The van der Waals surface area contributed by atoms with Crippen molar-refractivity contribution in [3.05, 3.63) is 57.9 Å². The fraction of sp³-hybridized carbons (Fsp3) is 0. The molecule has 0 saturated carbocycles. The summed E-state index contributed by atoms with van der Waals surface area (Å²) in [4.78, 5) is 16.0. The number of nitrogens with zero attached hydrogens (tertiary/aromatic N) is 3. The molecular formula is C14H9IN4O2. The monoisotopic (exact) mass is 392 g/mol. The summed E-state index contributed by atoms with van der Waals surface area (Å²) < 4.78 is 6.27. The summed E-state index contributed by atoms with van der Waals surface area (Å²) in [6.07, 6.45) is 3.26. The maximum atomic E-state index is 12.1. The molecule has 3 rings (SSSR count). The average Bonchev–Trinajstić information content (AvgIpc) is 2.97. The van der Waals surface area contributed by atoms with Crippen molar-refractivity contribution < 1.29 is 9.21 Å². The average molecular weight is 392 g/mol. The van der Waals surface area contributed by atoms with Crippen LogP contribution in [0.15, 0.2) is 53.2 Å². The van der Waals surface area contributed by atoms with Gasteiger partial charge in [0.2, 0.25) is 5.89 Å². The first-order valence-electron chi connectivity index (χ1n) is 6.04. The second-order valence-electron chi connectivity index (χ2n) is 4.08. The van der Waals surface area contributed by atoms with Gasteiger partial charge in [-0.15, -0.1) is 5.10 Å². The Labute approximate surface area is 133 Å². The first-order valence-corrected chi connectivity index (χ1v) is 7.12. The smallest absolute Gasteiger partial charge is 0.322 e. The maximum Gasteiger partial charge on any atom is 0.322 e. The number of carbonyl (C=O) groups is 1. The van der Waals surface area contributed by atoms with E-state index in [1.54, 1.807) is 36.7 Å². The van der Waals surface area contributed by atoms with Gasteiger partial charge in [0.15, 0.2) is 0 Å². The first-order chi connectivity index (χ1) is 10.2. The van der Waals surface area contributed by atoms with Gasteiger partial charge in [-0.2, -0.15) is 0 Å². The molecule has 0 fully saturated rings. The highest BCUT2D eigenvalue weighted by Gasteiger charge is 2.14. The number of rotatable bonds is 3. The number of benzene rings is 1. The zero-order valence-electron chi connectivity index (χ0n) is 10.7. The molecule has 0 aliphatic rings. The number of aromatic nitrogens is 3. The second kappa shape index (κ2) is 6.00. The molecule has 0 spiro atoms. The van der Waals surface area contributed by atoms with Crippen molar-refractivity contribution in [3.63, 3.8) is 0 Å². The normalized spacial score (nSPS) is 10.3. The number of amides is 1. The quantitative estimate of drug-likeness (QED) is 0.694. The van der Waals surface area contributed by atoms with E-state index < -0.39 is 0 Å². The van der Waals surface area contributed by atoms with E-state index in [2.05, 4.69) is 43.1 Å². The van der Waals surface area contributed by atoms with Crippen LogP contribution >= 0.6 is 22.6 Å². The standard InChI is InChI=1S/C14H9IN4O2/c15-11-4-2-1-3-10(11)12(20)17-14-19-18-13(21-14)9-5-7-16-8-6-9/h1-8H,(H,17,19,20). The van der Waals surface area contributed by atoms with Gasteiger partial charge in [-0.25, -0.2) is 0 Å². The van der Waals surface area contributed by atoms with Crippen molar-refractivity contribution in [2.24, 2.45) is 0 Å². The lowest BCUT2D eigenvalue weighted by molar-refractivity contribution is 0.102. The van der Waals surface area contributed by atoms with Crippen molar-refractivity contribution in [1.82, 2.24) is 15.2 Å².